The quantitative estimate of drug-likeness (QED) is 0.623. The minimum Gasteiger partial charge on any atom is -0.406 e. The SMILES string of the molecule is Cc1nn(C)c(F)c1C(=O)N(Cc1c(Cl)cc(OC(F)(F)F)cc1Cl)C1CC1. The molecule has 0 saturated heterocycles. The number of carbonyl (C=O) groups is 1. The van der Waals surface area contributed by atoms with Gasteiger partial charge in [-0.2, -0.15) is 9.49 Å². The second-order valence-corrected chi connectivity index (χ2v) is 7.27. The molecule has 5 nitrogen and oxygen atoms in total. The summed E-state index contributed by atoms with van der Waals surface area (Å²) in [5.74, 6) is -1.91. The van der Waals surface area contributed by atoms with E-state index in [9.17, 15) is 22.4 Å². The van der Waals surface area contributed by atoms with Crippen molar-refractivity contribution in [1.29, 1.82) is 0 Å². The fourth-order valence-corrected chi connectivity index (χ4v) is 3.45. The Balaban J connectivity index is 1.90. The number of ether oxygens (including phenoxy) is 1. The Morgan fingerprint density at radius 2 is 1.89 bits per heavy atom. The zero-order valence-electron chi connectivity index (χ0n) is 14.8. The van der Waals surface area contributed by atoms with Crippen LogP contribution in [0.5, 0.6) is 5.75 Å². The van der Waals surface area contributed by atoms with Crippen LogP contribution in [0.2, 0.25) is 10.0 Å². The average Bonchev–Trinajstić information content (AvgIpc) is 3.33. The van der Waals surface area contributed by atoms with Gasteiger partial charge in [0.2, 0.25) is 5.95 Å². The number of rotatable bonds is 5. The van der Waals surface area contributed by atoms with Gasteiger partial charge in [0, 0.05) is 25.2 Å². The maximum absolute atomic E-state index is 14.3. The van der Waals surface area contributed by atoms with Crippen molar-refractivity contribution in [1.82, 2.24) is 14.7 Å². The van der Waals surface area contributed by atoms with Crippen molar-refractivity contribution < 1.29 is 27.1 Å². The van der Waals surface area contributed by atoms with Crippen LogP contribution in [0, 0.1) is 12.9 Å². The standard InChI is InChI=1S/C17H15Cl2F4N3O2/c1-8-14(15(20)25(2)24-8)16(27)26(9-3-4-9)7-11-12(18)5-10(6-13(11)19)28-17(21,22)23/h5-6,9H,3-4,7H2,1-2H3. The molecule has 0 bridgehead atoms. The van der Waals surface area contributed by atoms with E-state index in [1.165, 1.54) is 18.9 Å². The highest BCUT2D eigenvalue weighted by Gasteiger charge is 2.37. The monoisotopic (exact) mass is 439 g/mol. The molecule has 3 rings (SSSR count). The van der Waals surface area contributed by atoms with Crippen LogP contribution in [0.1, 0.15) is 34.5 Å². The van der Waals surface area contributed by atoms with Gasteiger partial charge in [-0.3, -0.25) is 4.79 Å². The van der Waals surface area contributed by atoms with Gasteiger partial charge in [0.1, 0.15) is 11.3 Å². The van der Waals surface area contributed by atoms with Gasteiger partial charge in [-0.1, -0.05) is 23.2 Å². The van der Waals surface area contributed by atoms with Crippen LogP contribution in [-0.4, -0.2) is 33.0 Å². The van der Waals surface area contributed by atoms with E-state index in [2.05, 4.69) is 9.84 Å². The van der Waals surface area contributed by atoms with E-state index in [0.29, 0.717) is 0 Å². The third-order valence-corrected chi connectivity index (χ3v) is 4.97. The van der Waals surface area contributed by atoms with E-state index < -0.39 is 24.0 Å². The number of benzene rings is 1. The van der Waals surface area contributed by atoms with E-state index in [0.717, 1.165) is 29.7 Å². The van der Waals surface area contributed by atoms with Gasteiger partial charge >= 0.3 is 6.36 Å². The second kappa shape index (κ2) is 7.44. The molecule has 11 heteroatoms. The molecule has 1 saturated carbocycles. The van der Waals surface area contributed by atoms with Gasteiger partial charge in [-0.15, -0.1) is 13.2 Å². The van der Waals surface area contributed by atoms with Crippen LogP contribution < -0.4 is 4.74 Å². The number of hydrogen-bond donors (Lipinski definition) is 0. The van der Waals surface area contributed by atoms with Gasteiger partial charge in [-0.05, 0) is 31.9 Å². The molecule has 0 N–H and O–H groups in total. The third-order valence-electron chi connectivity index (χ3n) is 4.29. The van der Waals surface area contributed by atoms with E-state index in [1.807, 2.05) is 0 Å². The van der Waals surface area contributed by atoms with Gasteiger partial charge in [-0.25, -0.2) is 4.68 Å². The fraction of sp³-hybridized carbons (Fsp3) is 0.412. The molecule has 0 unspecified atom stereocenters. The average molecular weight is 440 g/mol. The third kappa shape index (κ3) is 4.35. The molecule has 1 aliphatic rings. The first-order valence-electron chi connectivity index (χ1n) is 8.21. The van der Waals surface area contributed by atoms with Crippen LogP contribution >= 0.6 is 23.2 Å². The predicted octanol–water partition coefficient (Wildman–Crippen LogP) is 4.88. The topological polar surface area (TPSA) is 47.4 Å². The highest BCUT2D eigenvalue weighted by Crippen LogP contribution is 2.37. The largest absolute Gasteiger partial charge is 0.573 e. The molecule has 28 heavy (non-hydrogen) atoms. The van der Waals surface area contributed by atoms with Crippen molar-refractivity contribution in [3.63, 3.8) is 0 Å². The summed E-state index contributed by atoms with van der Waals surface area (Å²) in [5, 5.41) is 3.72. The molecule has 152 valence electrons. The summed E-state index contributed by atoms with van der Waals surface area (Å²) in [6.45, 7) is 1.44. The Morgan fingerprint density at radius 1 is 1.32 bits per heavy atom. The maximum atomic E-state index is 14.3. The minimum atomic E-state index is -4.89. The summed E-state index contributed by atoms with van der Waals surface area (Å²) in [5.41, 5.74) is 0.334. The summed E-state index contributed by atoms with van der Waals surface area (Å²) in [7, 11) is 1.38. The summed E-state index contributed by atoms with van der Waals surface area (Å²) < 4.78 is 56.3. The number of halogens is 6. The number of hydrogen-bond acceptors (Lipinski definition) is 3. The highest BCUT2D eigenvalue weighted by atomic mass is 35.5. The molecule has 0 aliphatic heterocycles. The Bertz CT molecular complexity index is 903. The Labute approximate surface area is 167 Å². The maximum Gasteiger partial charge on any atom is 0.573 e. The van der Waals surface area contributed by atoms with Gasteiger partial charge in [0.05, 0.1) is 15.7 Å². The number of alkyl halides is 3. The predicted molar refractivity (Wildman–Crippen MR) is 93.9 cm³/mol. The molecule has 0 radical (unpaired) electrons. The number of aryl methyl sites for hydroxylation is 2. The lowest BCUT2D eigenvalue weighted by Gasteiger charge is -2.24. The number of carbonyl (C=O) groups excluding carboxylic acids is 1. The molecular formula is C17H15Cl2F4N3O2. The van der Waals surface area contributed by atoms with Crippen molar-refractivity contribution >= 4 is 29.1 Å². The summed E-state index contributed by atoms with van der Waals surface area (Å²) in [4.78, 5) is 14.3. The van der Waals surface area contributed by atoms with E-state index in [4.69, 9.17) is 23.2 Å². The smallest absolute Gasteiger partial charge is 0.406 e. The van der Waals surface area contributed by atoms with Crippen molar-refractivity contribution in [2.75, 3.05) is 0 Å². The lowest BCUT2D eigenvalue weighted by atomic mass is 10.1. The van der Waals surface area contributed by atoms with E-state index in [-0.39, 0.29) is 39.5 Å². The van der Waals surface area contributed by atoms with E-state index >= 15 is 0 Å². The minimum absolute atomic E-state index is 0.0821. The normalized spacial score (nSPS) is 14.3. The van der Waals surface area contributed by atoms with Gasteiger partial charge in [0.15, 0.2) is 0 Å². The van der Waals surface area contributed by atoms with Crippen LogP contribution in [0.25, 0.3) is 0 Å². The van der Waals surface area contributed by atoms with Gasteiger partial charge < -0.3 is 9.64 Å². The van der Waals surface area contributed by atoms with Crippen molar-refractivity contribution in [2.24, 2.45) is 7.05 Å². The van der Waals surface area contributed by atoms with Crippen LogP contribution in [0.3, 0.4) is 0 Å². The number of nitrogens with zero attached hydrogens (tertiary/aromatic N) is 3. The van der Waals surface area contributed by atoms with Crippen LogP contribution in [0.4, 0.5) is 17.6 Å². The molecule has 1 amide bonds. The molecule has 1 aromatic carbocycles. The summed E-state index contributed by atoms with van der Waals surface area (Å²) >= 11 is 12.2. The molecule has 1 aromatic heterocycles. The zero-order chi connectivity index (χ0) is 20.8. The molecule has 0 spiro atoms. The molecular weight excluding hydrogens is 425 g/mol. The molecule has 0 atom stereocenters. The first-order chi connectivity index (χ1) is 13.0. The molecule has 1 fully saturated rings. The first-order valence-corrected chi connectivity index (χ1v) is 8.97. The summed E-state index contributed by atoms with van der Waals surface area (Å²) in [6.07, 6.45) is -3.45. The Morgan fingerprint density at radius 3 is 2.32 bits per heavy atom. The summed E-state index contributed by atoms with van der Waals surface area (Å²) in [6, 6.07) is 1.81. The highest BCUT2D eigenvalue weighted by molar-refractivity contribution is 6.36. The fourth-order valence-electron chi connectivity index (χ4n) is 2.86. The van der Waals surface area contributed by atoms with E-state index in [1.54, 1.807) is 0 Å². The molecule has 1 heterocycles. The Kier molecular flexibility index (Phi) is 5.51. The molecule has 1 aliphatic carbocycles. The lowest BCUT2D eigenvalue weighted by molar-refractivity contribution is -0.274. The first kappa shape index (κ1) is 20.7. The van der Waals surface area contributed by atoms with Crippen LogP contribution in [-0.2, 0) is 13.6 Å². The second-order valence-electron chi connectivity index (χ2n) is 6.45. The Hall–Kier alpha value is -2.00. The van der Waals surface area contributed by atoms with Crippen molar-refractivity contribution in [3.8, 4) is 5.75 Å². The van der Waals surface area contributed by atoms with Crippen LogP contribution in [0.15, 0.2) is 12.1 Å². The molecule has 2 aromatic rings. The van der Waals surface area contributed by atoms with Gasteiger partial charge in [0.25, 0.3) is 5.91 Å². The lowest BCUT2D eigenvalue weighted by Crippen LogP contribution is -2.33. The number of aromatic nitrogens is 2. The zero-order valence-corrected chi connectivity index (χ0v) is 16.3. The number of amides is 1. The van der Waals surface area contributed by atoms with Crippen molar-refractivity contribution in [3.05, 3.63) is 44.9 Å². The van der Waals surface area contributed by atoms with Crippen molar-refractivity contribution in [2.45, 2.75) is 38.7 Å².